The van der Waals surface area contributed by atoms with Gasteiger partial charge in [0.05, 0.1) is 12.2 Å². The van der Waals surface area contributed by atoms with Gasteiger partial charge in [0.15, 0.2) is 17.6 Å². The second-order valence-corrected chi connectivity index (χ2v) is 6.35. The smallest absolute Gasteiger partial charge is 0.191 e. The molecule has 3 heterocycles. The summed E-state index contributed by atoms with van der Waals surface area (Å²) in [5, 5.41) is 6.71. The topological polar surface area (TPSA) is 65.4 Å². The van der Waals surface area contributed by atoms with E-state index in [2.05, 4.69) is 25.6 Å². The number of nitrogens with zero attached hydrogens (tertiary/aromatic N) is 4. The molecule has 27 heavy (non-hydrogen) atoms. The lowest BCUT2D eigenvalue weighted by Gasteiger charge is -2.20. The molecule has 146 valence electrons. The molecule has 2 aromatic heterocycles. The van der Waals surface area contributed by atoms with E-state index >= 15 is 0 Å². The van der Waals surface area contributed by atoms with Crippen molar-refractivity contribution in [1.82, 2.24) is 20.6 Å². The van der Waals surface area contributed by atoms with Crippen LogP contribution in [0.5, 0.6) is 0 Å². The van der Waals surface area contributed by atoms with Crippen LogP contribution in [0, 0.1) is 12.7 Å². The van der Waals surface area contributed by atoms with Crippen molar-refractivity contribution in [3.8, 4) is 0 Å². The van der Waals surface area contributed by atoms with Crippen LogP contribution in [0.1, 0.15) is 24.6 Å². The van der Waals surface area contributed by atoms with Crippen molar-refractivity contribution in [3.63, 3.8) is 0 Å². The van der Waals surface area contributed by atoms with Gasteiger partial charge in [-0.2, -0.15) is 0 Å². The lowest BCUT2D eigenvalue weighted by atomic mass is 10.2. The molecule has 0 spiro atoms. The number of anilines is 1. The van der Waals surface area contributed by atoms with Gasteiger partial charge >= 0.3 is 0 Å². The molecule has 0 saturated carbocycles. The summed E-state index contributed by atoms with van der Waals surface area (Å²) in [6.07, 6.45) is 4.32. The molecule has 1 unspecified atom stereocenters. The van der Waals surface area contributed by atoms with Gasteiger partial charge in [-0.3, -0.25) is 4.98 Å². The molecule has 1 fully saturated rings. The average Bonchev–Trinajstić information content (AvgIpc) is 3.10. The van der Waals surface area contributed by atoms with Crippen LogP contribution in [-0.2, 0) is 6.54 Å². The van der Waals surface area contributed by atoms with Gasteiger partial charge in [0.2, 0.25) is 0 Å². The molecule has 8 heteroatoms. The zero-order valence-electron chi connectivity index (χ0n) is 15.7. The van der Waals surface area contributed by atoms with Gasteiger partial charge in [-0.05, 0) is 44.0 Å². The van der Waals surface area contributed by atoms with E-state index < -0.39 is 0 Å². The predicted octanol–water partition coefficient (Wildman–Crippen LogP) is 2.88. The van der Waals surface area contributed by atoms with Crippen LogP contribution in [-0.4, -0.2) is 41.6 Å². The van der Waals surface area contributed by atoms with E-state index in [0.29, 0.717) is 18.9 Å². The Morgan fingerprint density at radius 2 is 2.07 bits per heavy atom. The van der Waals surface area contributed by atoms with Gasteiger partial charge in [0, 0.05) is 38.1 Å². The molecule has 2 N–H and O–H groups in total. The van der Waals surface area contributed by atoms with Gasteiger partial charge < -0.3 is 15.5 Å². The number of pyridine rings is 2. The van der Waals surface area contributed by atoms with Crippen LogP contribution in [0.3, 0.4) is 0 Å². The Balaban J connectivity index is 0.00000261. The van der Waals surface area contributed by atoms with E-state index in [1.165, 1.54) is 6.07 Å². The summed E-state index contributed by atoms with van der Waals surface area (Å²) in [4.78, 5) is 15.2. The quantitative estimate of drug-likeness (QED) is 0.388. The predicted molar refractivity (Wildman–Crippen MR) is 117 cm³/mol. The van der Waals surface area contributed by atoms with Gasteiger partial charge in [-0.15, -0.1) is 24.0 Å². The molecule has 1 aliphatic rings. The van der Waals surface area contributed by atoms with Crippen LogP contribution in [0.4, 0.5) is 10.2 Å². The zero-order chi connectivity index (χ0) is 18.4. The highest BCUT2D eigenvalue weighted by atomic mass is 127. The summed E-state index contributed by atoms with van der Waals surface area (Å²) in [5.41, 5.74) is 2.10. The first-order valence-electron chi connectivity index (χ1n) is 8.98. The van der Waals surface area contributed by atoms with Crippen molar-refractivity contribution in [2.24, 2.45) is 4.99 Å². The zero-order valence-corrected chi connectivity index (χ0v) is 18.0. The van der Waals surface area contributed by atoms with Crippen molar-refractivity contribution in [2.75, 3.05) is 24.5 Å². The molecule has 0 bridgehead atoms. The van der Waals surface area contributed by atoms with E-state index in [0.717, 1.165) is 36.7 Å². The van der Waals surface area contributed by atoms with Crippen molar-refractivity contribution < 1.29 is 4.39 Å². The van der Waals surface area contributed by atoms with Gasteiger partial charge in [0.1, 0.15) is 0 Å². The standard InChI is InChI=1S/C19H25FN6.HI/c1-3-21-19(24-12-17-14(2)6-4-9-22-17)25-15-8-11-26(13-15)18-16(20)7-5-10-23-18;/h4-7,9-10,15H,3,8,11-13H2,1-2H3,(H2,21,24,25);1H. The Labute approximate surface area is 176 Å². The Hall–Kier alpha value is -1.97. The van der Waals surface area contributed by atoms with E-state index in [9.17, 15) is 4.39 Å². The molecule has 3 rings (SSSR count). The number of halogens is 2. The lowest BCUT2D eigenvalue weighted by molar-refractivity contribution is 0.612. The van der Waals surface area contributed by atoms with Gasteiger partial charge in [-0.1, -0.05) is 6.07 Å². The number of hydrogen-bond acceptors (Lipinski definition) is 4. The highest BCUT2D eigenvalue weighted by Gasteiger charge is 2.25. The third kappa shape index (κ3) is 5.75. The second-order valence-electron chi connectivity index (χ2n) is 6.35. The summed E-state index contributed by atoms with van der Waals surface area (Å²) in [6, 6.07) is 7.22. The van der Waals surface area contributed by atoms with Crippen molar-refractivity contribution in [3.05, 3.63) is 53.7 Å². The maximum atomic E-state index is 13.9. The Morgan fingerprint density at radius 1 is 1.30 bits per heavy atom. The van der Waals surface area contributed by atoms with Crippen LogP contribution in [0.25, 0.3) is 0 Å². The van der Waals surface area contributed by atoms with Gasteiger partial charge in [0.25, 0.3) is 0 Å². The second kappa shape index (κ2) is 10.4. The number of hydrogen-bond donors (Lipinski definition) is 2. The first-order valence-corrected chi connectivity index (χ1v) is 8.98. The van der Waals surface area contributed by atoms with E-state index in [1.807, 2.05) is 30.9 Å². The molecular weight excluding hydrogens is 458 g/mol. The summed E-state index contributed by atoms with van der Waals surface area (Å²) < 4.78 is 13.9. The van der Waals surface area contributed by atoms with Crippen LogP contribution >= 0.6 is 24.0 Å². The molecule has 0 radical (unpaired) electrons. The molecule has 0 aromatic carbocycles. The van der Waals surface area contributed by atoms with Crippen LogP contribution < -0.4 is 15.5 Å². The fourth-order valence-electron chi connectivity index (χ4n) is 3.03. The van der Waals surface area contributed by atoms with E-state index in [1.54, 1.807) is 18.5 Å². The molecular formula is C19H26FIN6. The lowest BCUT2D eigenvalue weighted by Crippen LogP contribution is -2.44. The summed E-state index contributed by atoms with van der Waals surface area (Å²) in [5.74, 6) is 0.896. The first-order chi connectivity index (χ1) is 12.7. The van der Waals surface area contributed by atoms with Crippen LogP contribution in [0.2, 0.25) is 0 Å². The molecule has 2 aromatic rings. The number of aryl methyl sites for hydroxylation is 1. The summed E-state index contributed by atoms with van der Waals surface area (Å²) in [6.45, 7) is 6.83. The minimum Gasteiger partial charge on any atom is -0.357 e. The molecule has 0 aliphatic carbocycles. The maximum absolute atomic E-state index is 13.9. The van der Waals surface area contributed by atoms with Crippen molar-refractivity contribution in [1.29, 1.82) is 0 Å². The fourth-order valence-corrected chi connectivity index (χ4v) is 3.03. The highest BCUT2D eigenvalue weighted by Crippen LogP contribution is 2.20. The average molecular weight is 484 g/mol. The maximum Gasteiger partial charge on any atom is 0.191 e. The Bertz CT molecular complexity index is 769. The first kappa shape index (κ1) is 21.3. The molecule has 0 amide bonds. The molecule has 1 aliphatic heterocycles. The normalized spacial score (nSPS) is 16.8. The molecule has 1 saturated heterocycles. The third-order valence-electron chi connectivity index (χ3n) is 4.42. The Morgan fingerprint density at radius 3 is 2.81 bits per heavy atom. The molecule has 1 atom stereocenters. The number of nitrogens with one attached hydrogen (secondary N) is 2. The minimum absolute atomic E-state index is 0. The van der Waals surface area contributed by atoms with E-state index in [4.69, 9.17) is 0 Å². The summed E-state index contributed by atoms with van der Waals surface area (Å²) in [7, 11) is 0. The Kier molecular flexibility index (Phi) is 8.21. The van der Waals surface area contributed by atoms with Crippen molar-refractivity contribution >= 4 is 35.8 Å². The van der Waals surface area contributed by atoms with Crippen molar-refractivity contribution in [2.45, 2.75) is 32.9 Å². The largest absolute Gasteiger partial charge is 0.357 e. The minimum atomic E-state index is -0.278. The van der Waals surface area contributed by atoms with Crippen LogP contribution in [0.15, 0.2) is 41.7 Å². The monoisotopic (exact) mass is 484 g/mol. The number of guanidine groups is 1. The SMILES string of the molecule is CCNC(=NCc1ncccc1C)NC1CCN(c2ncccc2F)C1.I. The van der Waals surface area contributed by atoms with E-state index in [-0.39, 0.29) is 35.8 Å². The molecule has 6 nitrogen and oxygen atoms in total. The number of rotatable bonds is 5. The summed E-state index contributed by atoms with van der Waals surface area (Å²) >= 11 is 0. The number of aliphatic imine (C=N–C) groups is 1. The fraction of sp³-hybridized carbons (Fsp3) is 0.421. The third-order valence-corrected chi connectivity index (χ3v) is 4.42. The highest BCUT2D eigenvalue weighted by molar-refractivity contribution is 14.0. The van der Waals surface area contributed by atoms with Gasteiger partial charge in [-0.25, -0.2) is 14.4 Å². The number of aromatic nitrogens is 2.